The number of hydrogen-bond acceptors (Lipinski definition) is 7. The van der Waals surface area contributed by atoms with E-state index in [9.17, 15) is 19.8 Å². The van der Waals surface area contributed by atoms with E-state index in [1.807, 2.05) is 0 Å². The third kappa shape index (κ3) is 4.67. The maximum absolute atomic E-state index is 12.1. The standard InChI is InChI=1S/C16H14N4O5/c1-25-14-7-3-5-12(9-14)16(21)19-18-15(10-17-22)11-4-2-6-13(8-11)20(23)24/h2-9H,10H2,1H3,(H,19,21). The average molecular weight is 342 g/mol. The Hall–Kier alpha value is -3.62. The molecular weight excluding hydrogens is 328 g/mol. The van der Waals surface area contributed by atoms with Gasteiger partial charge in [-0.1, -0.05) is 23.4 Å². The molecule has 9 heteroatoms. The number of nitrogens with zero attached hydrogens (tertiary/aromatic N) is 3. The van der Waals surface area contributed by atoms with Crippen molar-refractivity contribution in [2.45, 2.75) is 0 Å². The number of nitro groups is 1. The topological polar surface area (TPSA) is 123 Å². The molecule has 0 saturated heterocycles. The normalized spacial score (nSPS) is 10.8. The van der Waals surface area contributed by atoms with Gasteiger partial charge in [-0.2, -0.15) is 10.0 Å². The highest BCUT2D eigenvalue weighted by Crippen LogP contribution is 2.15. The van der Waals surface area contributed by atoms with Crippen molar-refractivity contribution in [3.8, 4) is 5.75 Å². The van der Waals surface area contributed by atoms with E-state index in [1.165, 1.54) is 37.4 Å². The number of nitrogens with one attached hydrogen (secondary N) is 1. The van der Waals surface area contributed by atoms with E-state index in [2.05, 4.69) is 15.7 Å². The fraction of sp³-hybridized carbons (Fsp3) is 0.125. The first-order valence-electron chi connectivity index (χ1n) is 7.10. The Bertz CT molecular complexity index is 835. The molecule has 1 amide bonds. The Morgan fingerprint density at radius 2 is 1.92 bits per heavy atom. The van der Waals surface area contributed by atoms with Gasteiger partial charge in [-0.25, -0.2) is 5.43 Å². The molecule has 2 rings (SSSR count). The summed E-state index contributed by atoms with van der Waals surface area (Å²) in [5, 5.41) is 17.5. The molecule has 128 valence electrons. The zero-order chi connectivity index (χ0) is 18.2. The van der Waals surface area contributed by atoms with Crippen LogP contribution in [0.5, 0.6) is 5.75 Å². The lowest BCUT2D eigenvalue weighted by molar-refractivity contribution is -0.384. The lowest BCUT2D eigenvalue weighted by Crippen LogP contribution is -2.21. The highest BCUT2D eigenvalue weighted by Gasteiger charge is 2.12. The van der Waals surface area contributed by atoms with Crippen LogP contribution in [0, 0.1) is 15.0 Å². The molecular formula is C16H14N4O5. The minimum absolute atomic E-state index is 0.106. The van der Waals surface area contributed by atoms with Crippen LogP contribution in [0.25, 0.3) is 0 Å². The Balaban J connectivity index is 2.24. The second kappa shape index (κ2) is 8.29. The van der Waals surface area contributed by atoms with Gasteiger partial charge in [0.05, 0.1) is 17.7 Å². The third-order valence-corrected chi connectivity index (χ3v) is 3.23. The van der Waals surface area contributed by atoms with Crippen molar-refractivity contribution < 1.29 is 14.5 Å². The molecule has 2 aromatic rings. The zero-order valence-electron chi connectivity index (χ0n) is 13.2. The molecule has 0 fully saturated rings. The van der Waals surface area contributed by atoms with Crippen molar-refractivity contribution in [1.82, 2.24) is 5.43 Å². The van der Waals surface area contributed by atoms with Crippen LogP contribution >= 0.6 is 0 Å². The monoisotopic (exact) mass is 342 g/mol. The van der Waals surface area contributed by atoms with Gasteiger partial charge in [0.25, 0.3) is 11.6 Å². The van der Waals surface area contributed by atoms with Crippen molar-refractivity contribution in [2.75, 3.05) is 13.7 Å². The molecule has 9 nitrogen and oxygen atoms in total. The highest BCUT2D eigenvalue weighted by molar-refractivity contribution is 6.04. The summed E-state index contributed by atoms with van der Waals surface area (Å²) in [5.74, 6) is -0.0159. The predicted octanol–water partition coefficient (Wildman–Crippen LogP) is 2.50. The fourth-order valence-electron chi connectivity index (χ4n) is 2.00. The summed E-state index contributed by atoms with van der Waals surface area (Å²) in [6.45, 7) is -0.348. The summed E-state index contributed by atoms with van der Waals surface area (Å²) in [5.41, 5.74) is 2.88. The summed E-state index contributed by atoms with van der Waals surface area (Å²) in [6, 6.07) is 12.0. The first-order valence-corrected chi connectivity index (χ1v) is 7.10. The van der Waals surface area contributed by atoms with Crippen LogP contribution in [0.1, 0.15) is 15.9 Å². The van der Waals surface area contributed by atoms with Gasteiger partial charge >= 0.3 is 0 Å². The number of benzene rings is 2. The number of carbonyl (C=O) groups excluding carboxylic acids is 1. The number of nitro benzene ring substituents is 1. The minimum Gasteiger partial charge on any atom is -0.497 e. The number of hydrogen-bond donors (Lipinski definition) is 1. The maximum Gasteiger partial charge on any atom is 0.271 e. The van der Waals surface area contributed by atoms with Gasteiger partial charge in [0.2, 0.25) is 0 Å². The molecule has 0 heterocycles. The van der Waals surface area contributed by atoms with E-state index in [4.69, 9.17) is 4.74 Å². The molecule has 0 saturated carbocycles. The first kappa shape index (κ1) is 17.7. The molecule has 0 bridgehead atoms. The van der Waals surface area contributed by atoms with Crippen LogP contribution in [0.3, 0.4) is 0 Å². The van der Waals surface area contributed by atoms with E-state index >= 15 is 0 Å². The molecule has 0 aromatic heterocycles. The predicted molar refractivity (Wildman–Crippen MR) is 90.8 cm³/mol. The van der Waals surface area contributed by atoms with Crippen LogP contribution < -0.4 is 10.2 Å². The van der Waals surface area contributed by atoms with Crippen molar-refractivity contribution in [2.24, 2.45) is 10.3 Å². The van der Waals surface area contributed by atoms with E-state index in [-0.39, 0.29) is 17.9 Å². The lowest BCUT2D eigenvalue weighted by Gasteiger charge is -2.06. The molecule has 25 heavy (non-hydrogen) atoms. The van der Waals surface area contributed by atoms with Crippen LogP contribution in [-0.2, 0) is 0 Å². The highest BCUT2D eigenvalue weighted by atomic mass is 16.6. The number of nitroso groups, excluding NO2 is 1. The first-order chi connectivity index (χ1) is 12.0. The second-order valence-corrected chi connectivity index (χ2v) is 4.83. The lowest BCUT2D eigenvalue weighted by atomic mass is 10.1. The van der Waals surface area contributed by atoms with E-state index in [1.54, 1.807) is 18.2 Å². The molecule has 0 aliphatic heterocycles. The van der Waals surface area contributed by atoms with Gasteiger partial charge in [-0.05, 0) is 18.2 Å². The van der Waals surface area contributed by atoms with Gasteiger partial charge in [0.1, 0.15) is 12.3 Å². The van der Waals surface area contributed by atoms with Crippen molar-refractivity contribution in [1.29, 1.82) is 0 Å². The Morgan fingerprint density at radius 3 is 2.60 bits per heavy atom. The second-order valence-electron chi connectivity index (χ2n) is 4.83. The molecule has 1 N–H and O–H groups in total. The zero-order valence-corrected chi connectivity index (χ0v) is 13.2. The maximum atomic E-state index is 12.1. The van der Waals surface area contributed by atoms with E-state index in [0.29, 0.717) is 16.9 Å². The van der Waals surface area contributed by atoms with Gasteiger partial charge in [-0.15, -0.1) is 0 Å². The molecule has 2 aromatic carbocycles. The van der Waals surface area contributed by atoms with Crippen molar-refractivity contribution in [3.05, 3.63) is 74.7 Å². The summed E-state index contributed by atoms with van der Waals surface area (Å²) in [6.07, 6.45) is 0. The molecule has 0 radical (unpaired) electrons. The molecule has 0 spiro atoms. The third-order valence-electron chi connectivity index (χ3n) is 3.23. The smallest absolute Gasteiger partial charge is 0.271 e. The number of non-ortho nitro benzene ring substituents is 1. The van der Waals surface area contributed by atoms with Crippen LogP contribution in [0.15, 0.2) is 58.8 Å². The Labute approximate surface area is 142 Å². The number of amides is 1. The minimum atomic E-state index is -0.565. The van der Waals surface area contributed by atoms with Crippen LogP contribution in [0.2, 0.25) is 0 Å². The number of hydrazone groups is 1. The number of methoxy groups -OCH3 is 1. The summed E-state index contributed by atoms with van der Waals surface area (Å²) < 4.78 is 5.04. The van der Waals surface area contributed by atoms with Gasteiger partial charge in [-0.3, -0.25) is 14.9 Å². The molecule has 0 aliphatic rings. The van der Waals surface area contributed by atoms with Crippen molar-refractivity contribution >= 4 is 17.3 Å². The van der Waals surface area contributed by atoms with Crippen LogP contribution in [0.4, 0.5) is 5.69 Å². The fourth-order valence-corrected chi connectivity index (χ4v) is 2.00. The molecule has 0 aliphatic carbocycles. The molecule has 0 atom stereocenters. The Kier molecular flexibility index (Phi) is 5.88. The summed E-state index contributed by atoms with van der Waals surface area (Å²) in [7, 11) is 1.48. The molecule has 0 unspecified atom stereocenters. The van der Waals surface area contributed by atoms with E-state index < -0.39 is 10.8 Å². The number of ether oxygens (including phenoxy) is 1. The largest absolute Gasteiger partial charge is 0.497 e. The van der Waals surface area contributed by atoms with Gasteiger partial charge < -0.3 is 4.74 Å². The van der Waals surface area contributed by atoms with Crippen molar-refractivity contribution in [3.63, 3.8) is 0 Å². The van der Waals surface area contributed by atoms with Gasteiger partial charge in [0, 0.05) is 23.3 Å². The number of rotatable bonds is 7. The van der Waals surface area contributed by atoms with E-state index in [0.717, 1.165) is 0 Å². The quantitative estimate of drug-likeness (QED) is 0.358. The van der Waals surface area contributed by atoms with Crippen LogP contribution in [-0.4, -0.2) is 30.2 Å². The van der Waals surface area contributed by atoms with Gasteiger partial charge in [0.15, 0.2) is 0 Å². The summed E-state index contributed by atoms with van der Waals surface area (Å²) >= 11 is 0. The Morgan fingerprint density at radius 1 is 1.20 bits per heavy atom. The SMILES string of the molecule is COc1cccc(C(=O)NN=C(CN=O)c2cccc([N+](=O)[O-])c2)c1. The summed E-state index contributed by atoms with van der Waals surface area (Å²) in [4.78, 5) is 33.0. The average Bonchev–Trinajstić information content (AvgIpc) is 2.65. The number of carbonyl (C=O) groups is 1.